The second kappa shape index (κ2) is 3.18. The lowest BCUT2D eigenvalue weighted by Crippen LogP contribution is -2.47. The van der Waals surface area contributed by atoms with Crippen LogP contribution in [0.3, 0.4) is 0 Å². The Balaban J connectivity index is 2.23. The van der Waals surface area contributed by atoms with Gasteiger partial charge in [-0.1, -0.05) is 0 Å². The number of nitrogens with zero attached hydrogens (tertiary/aromatic N) is 1. The number of sulfonamides is 1. The Kier molecular flexibility index (Phi) is 2.36. The summed E-state index contributed by atoms with van der Waals surface area (Å²) >= 11 is 0. The zero-order valence-corrected chi connectivity index (χ0v) is 9.39. The van der Waals surface area contributed by atoms with Gasteiger partial charge in [0.2, 0.25) is 10.0 Å². The van der Waals surface area contributed by atoms with Gasteiger partial charge in [0.1, 0.15) is 4.75 Å². The third-order valence-electron chi connectivity index (χ3n) is 3.49. The number of hydrogen-bond acceptors (Lipinski definition) is 3. The minimum atomic E-state index is -3.12. The molecule has 1 saturated carbocycles. The van der Waals surface area contributed by atoms with Gasteiger partial charge in [0.05, 0.1) is 0 Å². The first-order chi connectivity index (χ1) is 6.51. The Morgan fingerprint density at radius 3 is 2.14 bits per heavy atom. The summed E-state index contributed by atoms with van der Waals surface area (Å²) in [7, 11) is -3.12. The fraction of sp³-hybridized carbons (Fsp3) is 1.00. The third kappa shape index (κ3) is 1.30. The van der Waals surface area contributed by atoms with E-state index in [1.165, 1.54) is 0 Å². The van der Waals surface area contributed by atoms with Crippen LogP contribution in [0.1, 0.15) is 32.6 Å². The molecule has 2 N–H and O–H groups in total. The van der Waals surface area contributed by atoms with Crippen LogP contribution >= 0.6 is 0 Å². The minimum Gasteiger partial charge on any atom is -0.326 e. The molecule has 1 unspecified atom stereocenters. The van der Waals surface area contributed by atoms with E-state index in [2.05, 4.69) is 0 Å². The summed E-state index contributed by atoms with van der Waals surface area (Å²) in [5, 5.41) is 0. The van der Waals surface area contributed by atoms with Crippen molar-refractivity contribution in [1.29, 1.82) is 0 Å². The molecular weight excluding hydrogens is 200 g/mol. The smallest absolute Gasteiger partial charge is 0.221 e. The fourth-order valence-corrected chi connectivity index (χ4v) is 4.60. The van der Waals surface area contributed by atoms with Crippen molar-refractivity contribution in [3.8, 4) is 0 Å². The molecule has 0 amide bonds. The van der Waals surface area contributed by atoms with Crippen molar-refractivity contribution in [1.82, 2.24) is 4.31 Å². The highest BCUT2D eigenvalue weighted by Crippen LogP contribution is 2.47. The van der Waals surface area contributed by atoms with E-state index < -0.39 is 14.8 Å². The van der Waals surface area contributed by atoms with E-state index in [-0.39, 0.29) is 6.04 Å². The van der Waals surface area contributed by atoms with Crippen LogP contribution < -0.4 is 5.73 Å². The summed E-state index contributed by atoms with van der Waals surface area (Å²) in [5.74, 6) is 0. The number of hydrogen-bond donors (Lipinski definition) is 1. The van der Waals surface area contributed by atoms with Crippen molar-refractivity contribution >= 4 is 10.0 Å². The predicted molar refractivity (Wildman–Crippen MR) is 55.3 cm³/mol. The largest absolute Gasteiger partial charge is 0.326 e. The SMILES string of the molecule is CC(N)C1(S(=O)(=O)N2CCCC2)CC1. The van der Waals surface area contributed by atoms with E-state index in [1.807, 2.05) is 0 Å². The molecule has 5 heteroatoms. The highest BCUT2D eigenvalue weighted by molar-refractivity contribution is 7.90. The Morgan fingerprint density at radius 2 is 1.79 bits per heavy atom. The van der Waals surface area contributed by atoms with E-state index in [9.17, 15) is 8.42 Å². The van der Waals surface area contributed by atoms with E-state index in [1.54, 1.807) is 11.2 Å². The topological polar surface area (TPSA) is 63.4 Å². The maximum Gasteiger partial charge on any atom is 0.221 e. The van der Waals surface area contributed by atoms with Gasteiger partial charge >= 0.3 is 0 Å². The van der Waals surface area contributed by atoms with Crippen LogP contribution in [0.5, 0.6) is 0 Å². The molecule has 82 valence electrons. The number of rotatable bonds is 3. The van der Waals surface area contributed by atoms with Gasteiger partial charge in [0.15, 0.2) is 0 Å². The average Bonchev–Trinajstić information content (AvgIpc) is 2.75. The Morgan fingerprint density at radius 1 is 1.29 bits per heavy atom. The second-order valence-corrected chi connectivity index (χ2v) is 6.74. The lowest BCUT2D eigenvalue weighted by Gasteiger charge is -2.26. The summed E-state index contributed by atoms with van der Waals surface area (Å²) in [4.78, 5) is 0. The van der Waals surface area contributed by atoms with E-state index in [0.717, 1.165) is 25.7 Å². The maximum atomic E-state index is 12.2. The van der Waals surface area contributed by atoms with E-state index >= 15 is 0 Å². The molecule has 0 radical (unpaired) electrons. The summed E-state index contributed by atoms with van der Waals surface area (Å²) in [6.07, 6.45) is 3.47. The van der Waals surface area contributed by atoms with Crippen LogP contribution in [-0.4, -0.2) is 36.6 Å². The van der Waals surface area contributed by atoms with Crippen molar-refractivity contribution in [2.45, 2.75) is 43.4 Å². The maximum absolute atomic E-state index is 12.2. The van der Waals surface area contributed by atoms with Crippen LogP contribution in [-0.2, 0) is 10.0 Å². The zero-order valence-electron chi connectivity index (χ0n) is 8.57. The molecule has 1 atom stereocenters. The highest BCUT2D eigenvalue weighted by atomic mass is 32.2. The Bertz CT molecular complexity index is 314. The molecule has 0 aromatic carbocycles. The van der Waals surface area contributed by atoms with Gasteiger partial charge < -0.3 is 5.73 Å². The quantitative estimate of drug-likeness (QED) is 0.740. The van der Waals surface area contributed by atoms with Crippen LogP contribution in [0.2, 0.25) is 0 Å². The van der Waals surface area contributed by atoms with Gasteiger partial charge in [0.25, 0.3) is 0 Å². The van der Waals surface area contributed by atoms with Crippen molar-refractivity contribution in [2.24, 2.45) is 5.73 Å². The van der Waals surface area contributed by atoms with Gasteiger partial charge in [-0.15, -0.1) is 0 Å². The molecule has 4 nitrogen and oxygen atoms in total. The molecule has 1 aliphatic carbocycles. The van der Waals surface area contributed by atoms with Crippen LogP contribution in [0.25, 0.3) is 0 Å². The summed E-state index contributed by atoms with van der Waals surface area (Å²) in [6.45, 7) is 3.19. The standard InChI is InChI=1S/C9H18N2O2S/c1-8(10)9(4-5-9)14(12,13)11-6-2-3-7-11/h8H,2-7,10H2,1H3. The molecule has 2 aliphatic rings. The third-order valence-corrected chi connectivity index (χ3v) is 6.34. The molecule has 2 fully saturated rings. The second-order valence-electron chi connectivity index (χ2n) is 4.46. The normalized spacial score (nSPS) is 29.0. The molecule has 0 bridgehead atoms. The summed E-state index contributed by atoms with van der Waals surface area (Å²) in [6, 6.07) is -0.243. The molecule has 14 heavy (non-hydrogen) atoms. The predicted octanol–water partition coefficient (Wildman–Crippen LogP) is 0.292. The van der Waals surface area contributed by atoms with Gasteiger partial charge in [0, 0.05) is 19.1 Å². The molecular formula is C9H18N2O2S. The number of nitrogens with two attached hydrogens (primary N) is 1. The lowest BCUT2D eigenvalue weighted by molar-refractivity contribution is 0.451. The average molecular weight is 218 g/mol. The van der Waals surface area contributed by atoms with Crippen molar-refractivity contribution in [3.05, 3.63) is 0 Å². The van der Waals surface area contributed by atoms with E-state index in [0.29, 0.717) is 13.1 Å². The first-order valence-corrected chi connectivity index (χ1v) is 6.70. The monoisotopic (exact) mass is 218 g/mol. The minimum absolute atomic E-state index is 0.243. The molecule has 2 rings (SSSR count). The lowest BCUT2D eigenvalue weighted by atomic mass is 10.2. The molecule has 1 saturated heterocycles. The van der Waals surface area contributed by atoms with Crippen LogP contribution in [0, 0.1) is 0 Å². The van der Waals surface area contributed by atoms with Crippen molar-refractivity contribution < 1.29 is 8.42 Å². The molecule has 1 heterocycles. The Labute approximate surface area is 85.5 Å². The van der Waals surface area contributed by atoms with Crippen LogP contribution in [0.15, 0.2) is 0 Å². The highest BCUT2D eigenvalue weighted by Gasteiger charge is 2.59. The molecule has 1 aliphatic heterocycles. The van der Waals surface area contributed by atoms with Crippen LogP contribution in [0.4, 0.5) is 0 Å². The van der Waals surface area contributed by atoms with Gasteiger partial charge in [-0.2, -0.15) is 0 Å². The fourth-order valence-electron chi connectivity index (χ4n) is 2.26. The van der Waals surface area contributed by atoms with Gasteiger partial charge in [-0.05, 0) is 32.6 Å². The van der Waals surface area contributed by atoms with Crippen molar-refractivity contribution in [3.63, 3.8) is 0 Å². The van der Waals surface area contributed by atoms with Gasteiger partial charge in [-0.3, -0.25) is 0 Å². The van der Waals surface area contributed by atoms with Gasteiger partial charge in [-0.25, -0.2) is 12.7 Å². The van der Waals surface area contributed by atoms with E-state index in [4.69, 9.17) is 5.73 Å². The Hall–Kier alpha value is -0.130. The molecule has 0 spiro atoms. The summed E-state index contributed by atoms with van der Waals surface area (Å²) in [5.41, 5.74) is 5.78. The zero-order chi connectivity index (χ0) is 10.4. The molecule has 0 aromatic heterocycles. The first kappa shape index (κ1) is 10.4. The summed E-state index contributed by atoms with van der Waals surface area (Å²) < 4.78 is 25.4. The first-order valence-electron chi connectivity index (χ1n) is 5.26. The van der Waals surface area contributed by atoms with Crippen molar-refractivity contribution in [2.75, 3.05) is 13.1 Å². The molecule has 0 aromatic rings.